The fraction of sp³-hybridized carbons (Fsp3) is 0.240. The molecular weight excluding hydrogens is 456 g/mol. The van der Waals surface area contributed by atoms with Crippen molar-refractivity contribution in [1.29, 1.82) is 0 Å². The zero-order valence-corrected chi connectivity index (χ0v) is 19.9. The highest BCUT2D eigenvalue weighted by Gasteiger charge is 2.17. The maximum atomic E-state index is 6.14. The number of ether oxygens (including phenoxy) is 2. The predicted octanol–water partition coefficient (Wildman–Crippen LogP) is 7.16. The summed E-state index contributed by atoms with van der Waals surface area (Å²) in [5.41, 5.74) is 7.77. The van der Waals surface area contributed by atoms with Crippen LogP contribution >= 0.6 is 15.9 Å². The minimum atomic E-state index is 0.480. The van der Waals surface area contributed by atoms with Crippen LogP contribution in [0.4, 0.5) is 11.4 Å². The number of aryl methyl sites for hydroxylation is 3. The average molecular weight is 481 g/mol. The van der Waals surface area contributed by atoms with Gasteiger partial charge in [0.05, 0.1) is 12.8 Å². The van der Waals surface area contributed by atoms with Crippen LogP contribution in [0.25, 0.3) is 11.1 Å². The van der Waals surface area contributed by atoms with Crippen LogP contribution in [-0.4, -0.2) is 12.1 Å². The van der Waals surface area contributed by atoms with Gasteiger partial charge in [-0.3, -0.25) is 0 Å². The van der Waals surface area contributed by atoms with Gasteiger partial charge in [-0.2, -0.15) is 0 Å². The standard InChI is InChI=1S/C25H25BrN2O3/c1-14-6-11-21(30-13-18-7-9-19(29-5)10-8-18)16(3)22(14)28-23-20(26)12-15(2)25-24(23)27-17(4)31-25/h6-12,28H,13H2,1-5H3. The minimum Gasteiger partial charge on any atom is -0.497 e. The predicted molar refractivity (Wildman–Crippen MR) is 128 cm³/mol. The number of hydrogen-bond acceptors (Lipinski definition) is 5. The second-order valence-corrected chi connectivity index (χ2v) is 8.46. The molecule has 5 nitrogen and oxygen atoms in total. The smallest absolute Gasteiger partial charge is 0.192 e. The fourth-order valence-corrected chi connectivity index (χ4v) is 4.24. The number of anilines is 2. The SMILES string of the molecule is COc1ccc(COc2ccc(C)c(Nc3c(Br)cc(C)c4oc(C)nc34)c2C)cc1. The molecule has 0 saturated heterocycles. The van der Waals surface area contributed by atoms with Crippen LogP contribution in [0.2, 0.25) is 0 Å². The molecule has 0 aliphatic rings. The van der Waals surface area contributed by atoms with E-state index in [0.29, 0.717) is 12.5 Å². The summed E-state index contributed by atoms with van der Waals surface area (Å²) in [6, 6.07) is 14.0. The highest BCUT2D eigenvalue weighted by molar-refractivity contribution is 9.10. The molecule has 160 valence electrons. The molecule has 4 aromatic rings. The molecule has 1 heterocycles. The lowest BCUT2D eigenvalue weighted by Gasteiger charge is -2.18. The molecule has 0 bridgehead atoms. The summed E-state index contributed by atoms with van der Waals surface area (Å²) in [4.78, 5) is 4.60. The van der Waals surface area contributed by atoms with Gasteiger partial charge in [0, 0.05) is 22.6 Å². The van der Waals surface area contributed by atoms with Crippen molar-refractivity contribution in [2.24, 2.45) is 0 Å². The van der Waals surface area contributed by atoms with Crippen molar-refractivity contribution >= 4 is 38.4 Å². The molecule has 0 aliphatic carbocycles. The van der Waals surface area contributed by atoms with Gasteiger partial charge in [0.25, 0.3) is 0 Å². The van der Waals surface area contributed by atoms with Crippen molar-refractivity contribution in [2.45, 2.75) is 34.3 Å². The first kappa shape index (κ1) is 21.2. The van der Waals surface area contributed by atoms with E-state index in [1.165, 1.54) is 0 Å². The van der Waals surface area contributed by atoms with Crippen molar-refractivity contribution in [1.82, 2.24) is 4.98 Å². The van der Waals surface area contributed by atoms with Gasteiger partial charge in [0.2, 0.25) is 0 Å². The Morgan fingerprint density at radius 2 is 1.71 bits per heavy atom. The summed E-state index contributed by atoms with van der Waals surface area (Å²) in [7, 11) is 1.66. The number of oxazole rings is 1. The second-order valence-electron chi connectivity index (χ2n) is 7.60. The van der Waals surface area contributed by atoms with Gasteiger partial charge < -0.3 is 19.2 Å². The minimum absolute atomic E-state index is 0.480. The van der Waals surface area contributed by atoms with Crippen LogP contribution < -0.4 is 14.8 Å². The molecule has 0 amide bonds. The van der Waals surface area contributed by atoms with E-state index in [9.17, 15) is 0 Å². The summed E-state index contributed by atoms with van der Waals surface area (Å²) >= 11 is 3.69. The Hall–Kier alpha value is -2.99. The molecule has 4 rings (SSSR count). The maximum absolute atomic E-state index is 6.14. The Morgan fingerprint density at radius 1 is 0.968 bits per heavy atom. The Labute approximate surface area is 190 Å². The Bertz CT molecular complexity index is 1250. The number of rotatable bonds is 6. The highest BCUT2D eigenvalue weighted by Crippen LogP contribution is 2.39. The van der Waals surface area contributed by atoms with E-state index >= 15 is 0 Å². The number of fused-ring (bicyclic) bond motifs is 1. The van der Waals surface area contributed by atoms with Crippen molar-refractivity contribution in [3.63, 3.8) is 0 Å². The number of halogens is 1. The molecule has 0 saturated carbocycles. The third-order valence-electron chi connectivity index (χ3n) is 5.34. The number of methoxy groups -OCH3 is 1. The monoisotopic (exact) mass is 480 g/mol. The normalized spacial score (nSPS) is 11.0. The lowest BCUT2D eigenvalue weighted by molar-refractivity contribution is 0.304. The maximum Gasteiger partial charge on any atom is 0.192 e. The van der Waals surface area contributed by atoms with Gasteiger partial charge >= 0.3 is 0 Å². The van der Waals surface area contributed by atoms with Crippen molar-refractivity contribution in [2.75, 3.05) is 12.4 Å². The molecule has 0 aliphatic heterocycles. The summed E-state index contributed by atoms with van der Waals surface area (Å²) in [6.45, 7) is 8.50. The molecule has 1 aromatic heterocycles. The van der Waals surface area contributed by atoms with Crippen molar-refractivity contribution < 1.29 is 13.9 Å². The highest BCUT2D eigenvalue weighted by atomic mass is 79.9. The molecule has 0 spiro atoms. The first-order valence-electron chi connectivity index (χ1n) is 10.1. The Morgan fingerprint density at radius 3 is 2.42 bits per heavy atom. The van der Waals surface area contributed by atoms with Crippen LogP contribution in [-0.2, 0) is 6.61 Å². The van der Waals surface area contributed by atoms with Crippen LogP contribution in [0, 0.1) is 27.7 Å². The van der Waals surface area contributed by atoms with E-state index in [1.54, 1.807) is 7.11 Å². The van der Waals surface area contributed by atoms with E-state index in [1.807, 2.05) is 50.2 Å². The van der Waals surface area contributed by atoms with E-state index in [-0.39, 0.29) is 0 Å². The zero-order valence-electron chi connectivity index (χ0n) is 18.3. The van der Waals surface area contributed by atoms with Crippen LogP contribution in [0.3, 0.4) is 0 Å². The number of aromatic nitrogens is 1. The summed E-state index contributed by atoms with van der Waals surface area (Å²) in [6.07, 6.45) is 0. The lowest BCUT2D eigenvalue weighted by atomic mass is 10.1. The number of nitrogens with one attached hydrogen (secondary N) is 1. The third kappa shape index (κ3) is 4.26. The Kier molecular flexibility index (Phi) is 5.92. The molecule has 6 heteroatoms. The first-order chi connectivity index (χ1) is 14.9. The lowest BCUT2D eigenvalue weighted by Crippen LogP contribution is -2.02. The third-order valence-corrected chi connectivity index (χ3v) is 5.96. The molecule has 31 heavy (non-hydrogen) atoms. The fourth-order valence-electron chi connectivity index (χ4n) is 3.61. The van der Waals surface area contributed by atoms with Crippen LogP contribution in [0.15, 0.2) is 51.4 Å². The van der Waals surface area contributed by atoms with E-state index < -0.39 is 0 Å². The number of nitrogens with zero attached hydrogens (tertiary/aromatic N) is 1. The first-order valence-corrected chi connectivity index (χ1v) is 10.9. The number of benzene rings is 3. The number of hydrogen-bond donors (Lipinski definition) is 1. The Balaban J connectivity index is 1.64. The second kappa shape index (κ2) is 8.63. The van der Waals surface area contributed by atoms with E-state index in [0.717, 1.165) is 60.7 Å². The van der Waals surface area contributed by atoms with E-state index in [2.05, 4.69) is 46.1 Å². The largest absolute Gasteiger partial charge is 0.497 e. The van der Waals surface area contributed by atoms with Gasteiger partial charge in [-0.1, -0.05) is 18.2 Å². The van der Waals surface area contributed by atoms with Gasteiger partial charge in [0.1, 0.15) is 23.6 Å². The van der Waals surface area contributed by atoms with Crippen molar-refractivity contribution in [3.05, 3.63) is 75.1 Å². The van der Waals surface area contributed by atoms with Gasteiger partial charge in [0.15, 0.2) is 11.5 Å². The zero-order chi connectivity index (χ0) is 22.1. The molecule has 3 aromatic carbocycles. The molecule has 0 atom stereocenters. The van der Waals surface area contributed by atoms with Gasteiger partial charge in [-0.25, -0.2) is 4.98 Å². The summed E-state index contributed by atoms with van der Waals surface area (Å²) in [5.74, 6) is 2.31. The van der Waals surface area contributed by atoms with Crippen LogP contribution in [0.1, 0.15) is 28.1 Å². The van der Waals surface area contributed by atoms with E-state index in [4.69, 9.17) is 13.9 Å². The average Bonchev–Trinajstić information content (AvgIpc) is 3.15. The van der Waals surface area contributed by atoms with Gasteiger partial charge in [-0.05, 0) is 77.7 Å². The van der Waals surface area contributed by atoms with Crippen LogP contribution in [0.5, 0.6) is 11.5 Å². The molecule has 1 N–H and O–H groups in total. The molecular formula is C25H25BrN2O3. The summed E-state index contributed by atoms with van der Waals surface area (Å²) < 4.78 is 18.1. The topological polar surface area (TPSA) is 56.5 Å². The van der Waals surface area contributed by atoms with Gasteiger partial charge in [-0.15, -0.1) is 0 Å². The molecule has 0 fully saturated rings. The quantitative estimate of drug-likeness (QED) is 0.317. The summed E-state index contributed by atoms with van der Waals surface area (Å²) in [5, 5.41) is 3.58. The van der Waals surface area contributed by atoms with Crippen molar-refractivity contribution in [3.8, 4) is 11.5 Å². The molecule has 0 unspecified atom stereocenters. The molecule has 0 radical (unpaired) electrons.